The van der Waals surface area contributed by atoms with Gasteiger partial charge in [0.2, 0.25) is 0 Å². The van der Waals surface area contributed by atoms with Crippen LogP contribution in [0.15, 0.2) is 46.3 Å². The van der Waals surface area contributed by atoms with Gasteiger partial charge in [0.05, 0.1) is 11.8 Å². The van der Waals surface area contributed by atoms with Gasteiger partial charge < -0.3 is 5.11 Å². The van der Waals surface area contributed by atoms with E-state index in [2.05, 4.69) is 23.2 Å². The van der Waals surface area contributed by atoms with E-state index < -0.39 is 6.10 Å². The van der Waals surface area contributed by atoms with Crippen LogP contribution in [0.2, 0.25) is 0 Å². The summed E-state index contributed by atoms with van der Waals surface area (Å²) in [4.78, 5) is 6.66. The van der Waals surface area contributed by atoms with Crippen molar-refractivity contribution in [1.29, 1.82) is 0 Å². The quantitative estimate of drug-likeness (QED) is 0.922. The maximum atomic E-state index is 9.44. The Kier molecular flexibility index (Phi) is 3.58. The molecule has 0 spiro atoms. The molecular weight excluding hydrogens is 254 g/mol. The zero-order valence-electron chi connectivity index (χ0n) is 11.0. The molecule has 1 unspecified atom stereocenters. The summed E-state index contributed by atoms with van der Waals surface area (Å²) in [5, 5.41) is 9.44. The van der Waals surface area contributed by atoms with E-state index in [1.165, 1.54) is 35.3 Å². The van der Waals surface area contributed by atoms with Crippen LogP contribution in [0.1, 0.15) is 36.3 Å². The van der Waals surface area contributed by atoms with E-state index in [1.807, 2.05) is 18.3 Å². The predicted molar refractivity (Wildman–Crippen MR) is 77.5 cm³/mol. The minimum absolute atomic E-state index is 0.501. The molecule has 3 rings (SSSR count). The van der Waals surface area contributed by atoms with Gasteiger partial charge >= 0.3 is 0 Å². The molecule has 19 heavy (non-hydrogen) atoms. The number of aliphatic hydroxyl groups excluding tert-OH is 1. The Morgan fingerprint density at radius 3 is 2.63 bits per heavy atom. The molecule has 1 aliphatic carbocycles. The topological polar surface area (TPSA) is 33.1 Å². The summed E-state index contributed by atoms with van der Waals surface area (Å²) in [6.07, 6.45) is 5.06. The van der Waals surface area contributed by atoms with E-state index in [-0.39, 0.29) is 0 Å². The van der Waals surface area contributed by atoms with E-state index in [4.69, 9.17) is 0 Å². The van der Waals surface area contributed by atoms with E-state index in [1.54, 1.807) is 18.7 Å². The zero-order chi connectivity index (χ0) is 13.2. The number of hydrogen-bond acceptors (Lipinski definition) is 3. The highest BCUT2D eigenvalue weighted by Gasteiger charge is 2.11. The van der Waals surface area contributed by atoms with Crippen molar-refractivity contribution >= 4 is 11.8 Å². The van der Waals surface area contributed by atoms with Crippen molar-refractivity contribution in [2.45, 2.75) is 42.1 Å². The Morgan fingerprint density at radius 2 is 1.89 bits per heavy atom. The number of aromatic nitrogens is 1. The smallest absolute Gasteiger partial charge is 0.0931 e. The summed E-state index contributed by atoms with van der Waals surface area (Å²) in [5.74, 6) is 0. The lowest BCUT2D eigenvalue weighted by molar-refractivity contribution is 0.194. The molecule has 1 N–H and O–H groups in total. The predicted octanol–water partition coefficient (Wildman–Crippen LogP) is 3.77. The fourth-order valence-electron chi connectivity index (χ4n) is 2.45. The lowest BCUT2D eigenvalue weighted by Gasteiger charge is -2.06. The minimum Gasteiger partial charge on any atom is -0.387 e. The van der Waals surface area contributed by atoms with E-state index >= 15 is 0 Å². The number of benzene rings is 1. The Labute approximate surface area is 117 Å². The van der Waals surface area contributed by atoms with Crippen molar-refractivity contribution in [3.63, 3.8) is 0 Å². The van der Waals surface area contributed by atoms with Crippen molar-refractivity contribution in [1.82, 2.24) is 4.98 Å². The van der Waals surface area contributed by atoms with Gasteiger partial charge in [-0.15, -0.1) is 0 Å². The summed E-state index contributed by atoms with van der Waals surface area (Å²) in [6, 6.07) is 10.7. The number of hydrogen-bond donors (Lipinski definition) is 1. The molecule has 0 radical (unpaired) electrons. The highest BCUT2D eigenvalue weighted by Crippen LogP contribution is 2.31. The second-order valence-electron chi connectivity index (χ2n) is 4.98. The number of rotatable bonds is 3. The van der Waals surface area contributed by atoms with Crippen molar-refractivity contribution in [2.75, 3.05) is 0 Å². The van der Waals surface area contributed by atoms with Crippen molar-refractivity contribution in [3.05, 3.63) is 53.3 Å². The molecule has 1 heterocycles. The zero-order valence-corrected chi connectivity index (χ0v) is 11.8. The highest BCUT2D eigenvalue weighted by atomic mass is 32.2. The second kappa shape index (κ2) is 5.35. The molecule has 1 atom stereocenters. The first-order valence-corrected chi connectivity index (χ1v) is 7.48. The molecule has 0 saturated heterocycles. The van der Waals surface area contributed by atoms with Crippen LogP contribution in [-0.4, -0.2) is 10.1 Å². The van der Waals surface area contributed by atoms with Gasteiger partial charge in [-0.2, -0.15) is 0 Å². The fraction of sp³-hybridized carbons (Fsp3) is 0.312. The van der Waals surface area contributed by atoms with Gasteiger partial charge in [-0.3, -0.25) is 4.98 Å². The van der Waals surface area contributed by atoms with Gasteiger partial charge in [-0.25, -0.2) is 0 Å². The highest BCUT2D eigenvalue weighted by molar-refractivity contribution is 7.99. The first kappa shape index (κ1) is 12.7. The molecule has 2 aromatic rings. The summed E-state index contributed by atoms with van der Waals surface area (Å²) < 4.78 is 0. The Hall–Kier alpha value is -1.32. The molecule has 0 amide bonds. The molecule has 1 aliphatic rings. The normalized spacial score (nSPS) is 15.3. The standard InChI is InChI=1S/C16H17NOS/c1-11(18)16-8-7-15(10-17-16)19-14-6-5-12-3-2-4-13(12)9-14/h5-11,18H,2-4H2,1H3. The van der Waals surface area contributed by atoms with Crippen LogP contribution in [0.3, 0.4) is 0 Å². The SMILES string of the molecule is CC(O)c1ccc(Sc2ccc3c(c2)CCC3)cn1. The molecule has 1 aromatic carbocycles. The average Bonchev–Trinajstić information content (AvgIpc) is 2.87. The molecule has 98 valence electrons. The van der Waals surface area contributed by atoms with Crippen LogP contribution >= 0.6 is 11.8 Å². The molecule has 1 aromatic heterocycles. The van der Waals surface area contributed by atoms with Gasteiger partial charge in [0.1, 0.15) is 0 Å². The Bertz CT molecular complexity index is 578. The van der Waals surface area contributed by atoms with Gasteiger partial charge in [-0.05, 0) is 61.6 Å². The molecule has 3 heteroatoms. The van der Waals surface area contributed by atoms with Crippen LogP contribution in [0, 0.1) is 0 Å². The van der Waals surface area contributed by atoms with Crippen molar-refractivity contribution in [2.24, 2.45) is 0 Å². The maximum Gasteiger partial charge on any atom is 0.0931 e. The van der Waals surface area contributed by atoms with Crippen LogP contribution in [0.4, 0.5) is 0 Å². The molecule has 0 aliphatic heterocycles. The van der Waals surface area contributed by atoms with Gasteiger partial charge in [0.25, 0.3) is 0 Å². The third-order valence-corrected chi connectivity index (χ3v) is 4.46. The summed E-state index contributed by atoms with van der Waals surface area (Å²) in [5.41, 5.74) is 3.73. The van der Waals surface area contributed by atoms with E-state index in [0.29, 0.717) is 0 Å². The van der Waals surface area contributed by atoms with Crippen LogP contribution in [0.25, 0.3) is 0 Å². The molecule has 0 bridgehead atoms. The molecule has 0 fully saturated rings. The van der Waals surface area contributed by atoms with Crippen molar-refractivity contribution < 1.29 is 5.11 Å². The minimum atomic E-state index is -0.501. The number of aliphatic hydroxyl groups is 1. The van der Waals surface area contributed by atoms with Crippen molar-refractivity contribution in [3.8, 4) is 0 Å². The number of pyridine rings is 1. The summed E-state index contributed by atoms with van der Waals surface area (Å²) >= 11 is 1.73. The first-order chi connectivity index (χ1) is 9.22. The summed E-state index contributed by atoms with van der Waals surface area (Å²) in [7, 11) is 0. The molecular formula is C16H17NOS. The van der Waals surface area contributed by atoms with Gasteiger partial charge in [-0.1, -0.05) is 17.8 Å². The third-order valence-electron chi connectivity index (χ3n) is 3.49. The largest absolute Gasteiger partial charge is 0.387 e. The second-order valence-corrected chi connectivity index (χ2v) is 6.13. The van der Waals surface area contributed by atoms with E-state index in [0.717, 1.165) is 10.6 Å². The van der Waals surface area contributed by atoms with Crippen LogP contribution in [-0.2, 0) is 12.8 Å². The van der Waals surface area contributed by atoms with E-state index in [9.17, 15) is 5.11 Å². The summed E-state index contributed by atoms with van der Waals surface area (Å²) in [6.45, 7) is 1.73. The third kappa shape index (κ3) is 2.82. The first-order valence-electron chi connectivity index (χ1n) is 6.66. The Balaban J connectivity index is 1.77. The van der Waals surface area contributed by atoms with Crippen LogP contribution < -0.4 is 0 Å². The number of fused-ring (bicyclic) bond motifs is 1. The van der Waals surface area contributed by atoms with Gasteiger partial charge in [0.15, 0.2) is 0 Å². The number of aryl methyl sites for hydroxylation is 2. The fourth-order valence-corrected chi connectivity index (χ4v) is 3.30. The lowest BCUT2D eigenvalue weighted by atomic mass is 10.1. The average molecular weight is 271 g/mol. The molecule has 0 saturated carbocycles. The maximum absolute atomic E-state index is 9.44. The van der Waals surface area contributed by atoms with Gasteiger partial charge in [0, 0.05) is 16.0 Å². The molecule has 2 nitrogen and oxygen atoms in total. The monoisotopic (exact) mass is 271 g/mol. The van der Waals surface area contributed by atoms with Crippen LogP contribution in [0.5, 0.6) is 0 Å². The lowest BCUT2D eigenvalue weighted by Crippen LogP contribution is -1.94. The Morgan fingerprint density at radius 1 is 1.11 bits per heavy atom. The number of nitrogens with zero attached hydrogens (tertiary/aromatic N) is 1.